The molecule has 0 aliphatic heterocycles. The van der Waals surface area contributed by atoms with Crippen LogP contribution in [0.25, 0.3) is 0 Å². The number of hydrogen-bond acceptors (Lipinski definition) is 3. The van der Waals surface area contributed by atoms with Gasteiger partial charge in [0, 0.05) is 0 Å². The van der Waals surface area contributed by atoms with E-state index in [1.54, 1.807) is 0 Å². The van der Waals surface area contributed by atoms with Gasteiger partial charge in [0.05, 0.1) is 18.4 Å². The first-order valence-corrected chi connectivity index (χ1v) is 5.06. The summed E-state index contributed by atoms with van der Waals surface area (Å²) in [5.74, 6) is -2.10. The van der Waals surface area contributed by atoms with Crippen LogP contribution in [0.4, 0.5) is 0 Å². The fraction of sp³-hybridized carbons (Fsp3) is 0.800. The van der Waals surface area contributed by atoms with Gasteiger partial charge < -0.3 is 9.84 Å². The molecule has 0 radical (unpaired) electrons. The second-order valence-electron chi connectivity index (χ2n) is 3.66. The Morgan fingerprint density at radius 2 is 2.07 bits per heavy atom. The predicted molar refractivity (Wildman–Crippen MR) is 49.7 cm³/mol. The Bertz CT molecular complexity index is 224. The number of ether oxygens (including phenoxy) is 1. The molecule has 0 aromatic rings. The molecule has 2 unspecified atom stereocenters. The van der Waals surface area contributed by atoms with Crippen molar-refractivity contribution in [2.45, 2.75) is 32.6 Å². The van der Waals surface area contributed by atoms with Gasteiger partial charge in [-0.15, -0.1) is 0 Å². The molecule has 4 nitrogen and oxygen atoms in total. The largest absolute Gasteiger partial charge is 0.481 e. The molecule has 1 N–H and O–H groups in total. The number of hydrogen-bond donors (Lipinski definition) is 1. The van der Waals surface area contributed by atoms with Gasteiger partial charge in [0.1, 0.15) is 0 Å². The van der Waals surface area contributed by atoms with Gasteiger partial charge in [-0.25, -0.2) is 0 Å². The number of carboxylic acid groups (broad SMARTS) is 1. The molecule has 1 aliphatic rings. The molecule has 0 spiro atoms. The maximum absolute atomic E-state index is 11.2. The fourth-order valence-electron chi connectivity index (χ4n) is 1.36. The maximum atomic E-state index is 11.2. The summed E-state index contributed by atoms with van der Waals surface area (Å²) in [4.78, 5) is 21.6. The first kappa shape index (κ1) is 11.0. The molecule has 0 aromatic carbocycles. The molecule has 0 saturated heterocycles. The molecule has 0 bridgehead atoms. The maximum Gasteiger partial charge on any atom is 0.309 e. The lowest BCUT2D eigenvalue weighted by Crippen LogP contribution is -2.12. The molecular formula is C10H16O4. The lowest BCUT2D eigenvalue weighted by molar-refractivity contribution is -0.148. The van der Waals surface area contributed by atoms with Gasteiger partial charge in [-0.05, 0) is 12.8 Å². The van der Waals surface area contributed by atoms with Gasteiger partial charge in [0.2, 0.25) is 0 Å². The zero-order chi connectivity index (χ0) is 10.6. The molecule has 4 heteroatoms. The smallest absolute Gasteiger partial charge is 0.309 e. The average molecular weight is 200 g/mol. The van der Waals surface area contributed by atoms with Gasteiger partial charge in [0.25, 0.3) is 0 Å². The van der Waals surface area contributed by atoms with Crippen LogP contribution in [0.3, 0.4) is 0 Å². The summed E-state index contributed by atoms with van der Waals surface area (Å²) in [6, 6.07) is 0. The highest BCUT2D eigenvalue weighted by Gasteiger charge is 2.49. The number of aliphatic carboxylic acids is 1. The molecule has 1 fully saturated rings. The van der Waals surface area contributed by atoms with Gasteiger partial charge >= 0.3 is 11.9 Å². The van der Waals surface area contributed by atoms with Gasteiger partial charge in [-0.3, -0.25) is 9.59 Å². The highest BCUT2D eigenvalue weighted by Crippen LogP contribution is 2.39. The molecule has 1 rings (SSSR count). The van der Waals surface area contributed by atoms with Gasteiger partial charge in [0.15, 0.2) is 0 Å². The Balaban J connectivity index is 2.09. The molecule has 14 heavy (non-hydrogen) atoms. The van der Waals surface area contributed by atoms with Crippen LogP contribution in [0.1, 0.15) is 32.6 Å². The van der Waals surface area contributed by atoms with E-state index in [-0.39, 0.29) is 11.9 Å². The van der Waals surface area contributed by atoms with E-state index in [0.717, 1.165) is 19.3 Å². The summed E-state index contributed by atoms with van der Waals surface area (Å²) in [7, 11) is 0. The minimum Gasteiger partial charge on any atom is -0.481 e. The van der Waals surface area contributed by atoms with E-state index >= 15 is 0 Å². The Labute approximate surface area is 83.2 Å². The van der Waals surface area contributed by atoms with Crippen molar-refractivity contribution in [2.24, 2.45) is 11.8 Å². The summed E-state index contributed by atoms with van der Waals surface area (Å²) in [5, 5.41) is 8.57. The molecule has 1 aliphatic carbocycles. The number of carbonyl (C=O) groups is 2. The summed E-state index contributed by atoms with van der Waals surface area (Å²) >= 11 is 0. The number of rotatable bonds is 6. The van der Waals surface area contributed by atoms with Crippen molar-refractivity contribution in [1.29, 1.82) is 0 Å². The quantitative estimate of drug-likeness (QED) is 0.520. The van der Waals surface area contributed by atoms with E-state index in [1.165, 1.54) is 0 Å². The average Bonchev–Trinajstić information content (AvgIpc) is 2.91. The second-order valence-corrected chi connectivity index (χ2v) is 3.66. The highest BCUT2D eigenvalue weighted by molar-refractivity contribution is 5.86. The van der Waals surface area contributed by atoms with Crippen LogP contribution in [0.15, 0.2) is 0 Å². The third-order valence-corrected chi connectivity index (χ3v) is 2.40. The molecule has 80 valence electrons. The van der Waals surface area contributed by atoms with Crippen LogP contribution < -0.4 is 0 Å². The first-order chi connectivity index (χ1) is 6.66. The molecule has 0 aromatic heterocycles. The summed E-state index contributed by atoms with van der Waals surface area (Å²) in [5.41, 5.74) is 0. The van der Waals surface area contributed by atoms with E-state index < -0.39 is 11.9 Å². The Kier molecular flexibility index (Phi) is 3.92. The van der Waals surface area contributed by atoms with Crippen LogP contribution in [-0.4, -0.2) is 23.7 Å². The van der Waals surface area contributed by atoms with Crippen LogP contribution in [-0.2, 0) is 14.3 Å². The topological polar surface area (TPSA) is 63.6 Å². The number of carboxylic acids is 1. The van der Waals surface area contributed by atoms with Crippen molar-refractivity contribution >= 4 is 11.9 Å². The standard InChI is InChI=1S/C10H16O4/c1-2-3-4-5-14-10(13)8-6-7(8)9(11)12/h7-8H,2-6H2,1H3,(H,11,12). The third kappa shape index (κ3) is 3.01. The van der Waals surface area contributed by atoms with Crippen molar-refractivity contribution in [3.05, 3.63) is 0 Å². The summed E-state index contributed by atoms with van der Waals surface area (Å²) < 4.78 is 4.95. The van der Waals surface area contributed by atoms with Crippen LogP contribution >= 0.6 is 0 Å². The Morgan fingerprint density at radius 3 is 2.57 bits per heavy atom. The molecular weight excluding hydrogens is 184 g/mol. The predicted octanol–water partition coefficient (Wildman–Crippen LogP) is 1.44. The van der Waals surface area contributed by atoms with E-state index in [4.69, 9.17) is 9.84 Å². The summed E-state index contributed by atoms with van der Waals surface area (Å²) in [6.07, 6.45) is 3.44. The van der Waals surface area contributed by atoms with Gasteiger partial charge in [-0.1, -0.05) is 19.8 Å². The number of esters is 1. The van der Waals surface area contributed by atoms with E-state index in [9.17, 15) is 9.59 Å². The second kappa shape index (κ2) is 4.98. The fourth-order valence-corrected chi connectivity index (χ4v) is 1.36. The van der Waals surface area contributed by atoms with Crippen molar-refractivity contribution < 1.29 is 19.4 Å². The minimum atomic E-state index is -0.888. The molecule has 2 atom stereocenters. The van der Waals surface area contributed by atoms with Crippen LogP contribution in [0, 0.1) is 11.8 Å². The number of unbranched alkanes of at least 4 members (excludes halogenated alkanes) is 2. The van der Waals surface area contributed by atoms with Crippen molar-refractivity contribution in [3.63, 3.8) is 0 Å². The Morgan fingerprint density at radius 1 is 1.36 bits per heavy atom. The summed E-state index contributed by atoms with van der Waals surface area (Å²) in [6.45, 7) is 2.50. The monoisotopic (exact) mass is 200 g/mol. The normalized spacial score (nSPS) is 24.4. The van der Waals surface area contributed by atoms with Crippen molar-refractivity contribution in [1.82, 2.24) is 0 Å². The zero-order valence-corrected chi connectivity index (χ0v) is 8.36. The van der Waals surface area contributed by atoms with Crippen LogP contribution in [0.2, 0.25) is 0 Å². The third-order valence-electron chi connectivity index (χ3n) is 2.40. The zero-order valence-electron chi connectivity index (χ0n) is 8.36. The Hall–Kier alpha value is -1.06. The first-order valence-electron chi connectivity index (χ1n) is 5.06. The SMILES string of the molecule is CCCCCOC(=O)C1CC1C(=O)O. The van der Waals surface area contributed by atoms with Crippen LogP contribution in [0.5, 0.6) is 0 Å². The van der Waals surface area contributed by atoms with E-state index in [0.29, 0.717) is 13.0 Å². The van der Waals surface area contributed by atoms with Gasteiger partial charge in [-0.2, -0.15) is 0 Å². The minimum absolute atomic E-state index is 0.339. The van der Waals surface area contributed by atoms with Crippen molar-refractivity contribution in [3.8, 4) is 0 Å². The highest BCUT2D eigenvalue weighted by atomic mass is 16.5. The lowest BCUT2D eigenvalue weighted by Gasteiger charge is -2.02. The molecule has 0 heterocycles. The molecule has 1 saturated carbocycles. The van der Waals surface area contributed by atoms with Crippen molar-refractivity contribution in [2.75, 3.05) is 6.61 Å². The lowest BCUT2D eigenvalue weighted by atomic mass is 10.3. The van der Waals surface area contributed by atoms with E-state index in [1.807, 2.05) is 0 Å². The molecule has 0 amide bonds. The van der Waals surface area contributed by atoms with E-state index in [2.05, 4.69) is 6.92 Å². The number of carbonyl (C=O) groups excluding carboxylic acids is 1.